The Morgan fingerprint density at radius 3 is 2.09 bits per heavy atom. The number of hydrazone groups is 1. The summed E-state index contributed by atoms with van der Waals surface area (Å²) in [6.45, 7) is 0.449. The lowest BCUT2D eigenvalue weighted by Crippen LogP contribution is -2.49. The molecule has 1 fully saturated rings. The number of aliphatic hydroxyl groups is 1. The fourth-order valence-corrected chi connectivity index (χ4v) is 5.34. The van der Waals surface area contributed by atoms with Gasteiger partial charge in [-0.1, -0.05) is 66.7 Å². The Morgan fingerprint density at radius 2 is 1.61 bits per heavy atom. The van der Waals surface area contributed by atoms with Gasteiger partial charge < -0.3 is 9.84 Å². The van der Waals surface area contributed by atoms with Crippen molar-refractivity contribution in [1.29, 1.82) is 0 Å². The van der Waals surface area contributed by atoms with Crippen LogP contribution in [-0.2, 0) is 15.9 Å². The van der Waals surface area contributed by atoms with E-state index in [0.29, 0.717) is 19.2 Å². The van der Waals surface area contributed by atoms with Gasteiger partial charge in [0.25, 0.3) is 0 Å². The third-order valence-electron chi connectivity index (χ3n) is 6.14. The molecule has 0 saturated carbocycles. The molecule has 4 rings (SSSR count). The van der Waals surface area contributed by atoms with Crippen LogP contribution in [0.4, 0.5) is 13.2 Å². The zero-order chi connectivity index (χ0) is 23.5. The number of rotatable bonds is 7. The molecule has 2 atom stereocenters. The van der Waals surface area contributed by atoms with E-state index in [-0.39, 0.29) is 10.9 Å². The van der Waals surface area contributed by atoms with E-state index in [4.69, 9.17) is 4.74 Å². The van der Waals surface area contributed by atoms with Crippen LogP contribution in [-0.4, -0.2) is 42.2 Å². The molecule has 4 nitrogen and oxygen atoms in total. The molecule has 0 spiro atoms. The lowest BCUT2D eigenvalue weighted by molar-refractivity contribution is -0.232. The quantitative estimate of drug-likeness (QED) is 0.458. The molecule has 0 bridgehead atoms. The van der Waals surface area contributed by atoms with Gasteiger partial charge in [0.15, 0.2) is 0 Å². The largest absolute Gasteiger partial charge is 0.427 e. The molecule has 0 radical (unpaired) electrons. The third kappa shape index (κ3) is 4.18. The van der Waals surface area contributed by atoms with Gasteiger partial charge in [-0.2, -0.15) is 18.3 Å². The van der Waals surface area contributed by atoms with E-state index in [0.717, 1.165) is 28.9 Å². The molecule has 0 unspecified atom stereocenters. The summed E-state index contributed by atoms with van der Waals surface area (Å²) in [4.78, 5) is -0.223. The molecule has 1 aliphatic rings. The van der Waals surface area contributed by atoms with Gasteiger partial charge in [0.2, 0.25) is 5.60 Å². The zero-order valence-corrected chi connectivity index (χ0v) is 18.9. The average molecular weight is 475 g/mol. The van der Waals surface area contributed by atoms with Crippen molar-refractivity contribution in [3.63, 3.8) is 0 Å². The van der Waals surface area contributed by atoms with Crippen molar-refractivity contribution in [1.82, 2.24) is 5.01 Å². The predicted octanol–water partition coefficient (Wildman–Crippen LogP) is 5.54. The first-order valence-corrected chi connectivity index (χ1v) is 11.5. The second-order valence-corrected chi connectivity index (χ2v) is 8.93. The first-order valence-electron chi connectivity index (χ1n) is 10.6. The summed E-state index contributed by atoms with van der Waals surface area (Å²) >= 11 is 0.839. The van der Waals surface area contributed by atoms with E-state index in [9.17, 15) is 18.3 Å². The molecular formula is C25H25F3N2O2S. The van der Waals surface area contributed by atoms with E-state index < -0.39 is 17.4 Å². The molecule has 3 aromatic rings. The third-order valence-corrected chi connectivity index (χ3v) is 7.14. The maximum Gasteiger partial charge on any atom is 0.427 e. The first-order chi connectivity index (χ1) is 15.8. The Kier molecular flexibility index (Phi) is 6.61. The maximum atomic E-state index is 13.9. The Balaban J connectivity index is 1.78. The van der Waals surface area contributed by atoms with Gasteiger partial charge in [-0.25, -0.2) is 0 Å². The number of benzene rings is 2. The van der Waals surface area contributed by atoms with Gasteiger partial charge in [-0.15, -0.1) is 11.3 Å². The van der Waals surface area contributed by atoms with Crippen LogP contribution in [0.5, 0.6) is 0 Å². The summed E-state index contributed by atoms with van der Waals surface area (Å²) in [7, 11) is 1.61. The minimum Gasteiger partial charge on any atom is -0.371 e. The first kappa shape index (κ1) is 23.5. The molecule has 1 saturated heterocycles. The molecular weight excluding hydrogens is 449 g/mol. The van der Waals surface area contributed by atoms with E-state index in [1.165, 1.54) is 17.5 Å². The summed E-state index contributed by atoms with van der Waals surface area (Å²) in [5, 5.41) is 18.0. The predicted molar refractivity (Wildman–Crippen MR) is 123 cm³/mol. The Morgan fingerprint density at radius 1 is 1.00 bits per heavy atom. The van der Waals surface area contributed by atoms with Crippen LogP contribution in [0.3, 0.4) is 0 Å². The van der Waals surface area contributed by atoms with E-state index in [2.05, 4.69) is 5.10 Å². The van der Waals surface area contributed by atoms with Crippen molar-refractivity contribution in [2.75, 3.05) is 13.7 Å². The zero-order valence-electron chi connectivity index (χ0n) is 18.1. The van der Waals surface area contributed by atoms with E-state index in [1.54, 1.807) is 12.1 Å². The number of hydrogen-bond acceptors (Lipinski definition) is 5. The SMILES string of the molecule is COC(c1ccccc1)(c1ccccc1)[C@@H]1CCCN1/N=C/[C@@](O)(c1cccs1)C(F)(F)F. The van der Waals surface area contributed by atoms with Crippen molar-refractivity contribution < 1.29 is 23.0 Å². The number of hydrogen-bond donors (Lipinski definition) is 1. The highest BCUT2D eigenvalue weighted by Gasteiger charge is 2.55. The topological polar surface area (TPSA) is 45.1 Å². The summed E-state index contributed by atoms with van der Waals surface area (Å²) in [6, 6.07) is 21.6. The molecule has 1 N–H and O–H groups in total. The minimum atomic E-state index is -4.91. The summed E-state index contributed by atoms with van der Waals surface area (Å²) in [6.07, 6.45) is -2.89. The second kappa shape index (κ2) is 9.29. The van der Waals surface area contributed by atoms with E-state index in [1.807, 2.05) is 60.7 Å². The molecule has 0 amide bonds. The van der Waals surface area contributed by atoms with E-state index >= 15 is 0 Å². The van der Waals surface area contributed by atoms with Gasteiger partial charge in [-0.05, 0) is 35.4 Å². The average Bonchev–Trinajstić information content (AvgIpc) is 3.52. The molecule has 2 heterocycles. The molecule has 1 aromatic heterocycles. The lowest BCUT2D eigenvalue weighted by Gasteiger charge is -2.42. The van der Waals surface area contributed by atoms with Crippen molar-refractivity contribution >= 4 is 17.6 Å². The van der Waals surface area contributed by atoms with Crippen molar-refractivity contribution in [3.05, 3.63) is 94.2 Å². The normalized spacial score (nSPS) is 19.2. The molecule has 33 heavy (non-hydrogen) atoms. The second-order valence-electron chi connectivity index (χ2n) is 7.98. The Hall–Kier alpha value is -2.68. The standard InChI is InChI=1S/C25H25F3N2O2S/c1-32-24(19-10-4-2-5-11-19,20-12-6-3-7-13-20)21-14-8-16-30(21)29-18-23(31,25(26,27)28)22-15-9-17-33-22/h2-7,9-13,15,17-18,21,31H,8,14,16H2,1H3/b29-18+/t21-,23+/m0/s1. The summed E-state index contributed by atoms with van der Waals surface area (Å²) in [5.74, 6) is 0. The van der Waals surface area contributed by atoms with Crippen molar-refractivity contribution in [2.45, 2.75) is 36.3 Å². The van der Waals surface area contributed by atoms with Gasteiger partial charge in [-0.3, -0.25) is 5.01 Å². The monoisotopic (exact) mass is 474 g/mol. The van der Waals surface area contributed by atoms with Crippen LogP contribution in [0.15, 0.2) is 83.3 Å². The van der Waals surface area contributed by atoms with Crippen LogP contribution in [0.25, 0.3) is 0 Å². The highest BCUT2D eigenvalue weighted by Crippen LogP contribution is 2.44. The number of methoxy groups -OCH3 is 1. The summed E-state index contributed by atoms with van der Waals surface area (Å²) in [5.41, 5.74) is -2.34. The molecule has 8 heteroatoms. The smallest absolute Gasteiger partial charge is 0.371 e. The van der Waals surface area contributed by atoms with Crippen molar-refractivity contribution in [3.8, 4) is 0 Å². The number of thiophene rings is 1. The minimum absolute atomic E-state index is 0.223. The van der Waals surface area contributed by atoms with Crippen molar-refractivity contribution in [2.24, 2.45) is 5.10 Å². The Bertz CT molecular complexity index is 1020. The maximum absolute atomic E-state index is 13.9. The fourth-order valence-electron chi connectivity index (χ4n) is 4.53. The highest BCUT2D eigenvalue weighted by atomic mass is 32.1. The van der Waals surface area contributed by atoms with Gasteiger partial charge in [0, 0.05) is 13.7 Å². The van der Waals surface area contributed by atoms with Gasteiger partial charge in [0.1, 0.15) is 5.60 Å². The molecule has 1 aliphatic heterocycles. The number of nitrogens with zero attached hydrogens (tertiary/aromatic N) is 2. The Labute approximate surface area is 194 Å². The van der Waals surface area contributed by atoms with Crippen LogP contribution in [0.2, 0.25) is 0 Å². The lowest BCUT2D eigenvalue weighted by atomic mass is 9.79. The molecule has 2 aromatic carbocycles. The van der Waals surface area contributed by atoms with Gasteiger partial charge >= 0.3 is 6.18 Å². The van der Waals surface area contributed by atoms with Crippen LogP contribution in [0.1, 0.15) is 28.8 Å². The number of halogens is 3. The fraction of sp³-hybridized carbons (Fsp3) is 0.320. The summed E-state index contributed by atoms with van der Waals surface area (Å²) < 4.78 is 47.9. The van der Waals surface area contributed by atoms with Crippen LogP contribution in [0, 0.1) is 0 Å². The van der Waals surface area contributed by atoms with Crippen LogP contribution >= 0.6 is 11.3 Å². The van der Waals surface area contributed by atoms with Gasteiger partial charge in [0.05, 0.1) is 17.1 Å². The number of ether oxygens (including phenoxy) is 1. The van der Waals surface area contributed by atoms with Crippen LogP contribution < -0.4 is 0 Å². The number of alkyl halides is 3. The highest BCUT2D eigenvalue weighted by molar-refractivity contribution is 7.10. The molecule has 0 aliphatic carbocycles. The molecule has 174 valence electrons.